The second-order valence-corrected chi connectivity index (χ2v) is 6.26. The minimum Gasteiger partial charge on any atom is -0.299 e. The number of nitrogens with zero attached hydrogens (tertiary/aromatic N) is 4. The summed E-state index contributed by atoms with van der Waals surface area (Å²) in [6.07, 6.45) is 0. The molecule has 3 saturated heterocycles. The second kappa shape index (κ2) is 3.66. The fourth-order valence-corrected chi connectivity index (χ4v) is 3.22. The van der Waals surface area contributed by atoms with Crippen molar-refractivity contribution in [2.24, 2.45) is 0 Å². The monoisotopic (exact) mass is 322 g/mol. The highest BCUT2D eigenvalue weighted by Gasteiger charge is 2.34. The highest BCUT2D eigenvalue weighted by Crippen LogP contribution is 2.27. The maximum atomic E-state index is 4.48. The predicted molar refractivity (Wildman–Crippen MR) is 63.4 cm³/mol. The minimum atomic E-state index is 0.456. The lowest BCUT2D eigenvalue weighted by Crippen LogP contribution is -2.57. The van der Waals surface area contributed by atoms with Crippen molar-refractivity contribution in [1.29, 1.82) is 0 Å². The molecule has 0 amide bonds. The Morgan fingerprint density at radius 1 is 1.29 bits per heavy atom. The molecule has 0 aliphatic carbocycles. The van der Waals surface area contributed by atoms with E-state index in [1.807, 2.05) is 0 Å². The average Bonchev–Trinajstić information content (AvgIpc) is 2.66. The Labute approximate surface area is 101 Å². The van der Waals surface area contributed by atoms with Crippen molar-refractivity contribution >= 4 is 34.1 Å². The van der Waals surface area contributed by atoms with Gasteiger partial charge in [0, 0.05) is 32.7 Å². The van der Waals surface area contributed by atoms with Gasteiger partial charge in [0.05, 0.1) is 6.04 Å². The van der Waals surface area contributed by atoms with Crippen LogP contribution in [0.5, 0.6) is 0 Å². The van der Waals surface area contributed by atoms with Gasteiger partial charge in [-0.05, 0) is 34.1 Å². The summed E-state index contributed by atoms with van der Waals surface area (Å²) in [5.41, 5.74) is 0. The molecule has 6 heteroatoms. The smallest absolute Gasteiger partial charge is 0.174 e. The van der Waals surface area contributed by atoms with Crippen LogP contribution in [0.3, 0.4) is 0 Å². The van der Waals surface area contributed by atoms with Crippen LogP contribution in [-0.2, 0) is 0 Å². The highest BCUT2D eigenvalue weighted by molar-refractivity contribution is 14.1. The van der Waals surface area contributed by atoms with E-state index < -0.39 is 0 Å². The topological polar surface area (TPSA) is 32.3 Å². The van der Waals surface area contributed by atoms with E-state index in [2.05, 4.69) is 41.7 Å². The van der Waals surface area contributed by atoms with Gasteiger partial charge >= 0.3 is 0 Å². The van der Waals surface area contributed by atoms with Crippen LogP contribution in [0.25, 0.3) is 0 Å². The van der Waals surface area contributed by atoms with Crippen LogP contribution in [0.4, 0.5) is 0 Å². The fraction of sp³-hybridized carbons (Fsp3) is 0.750. The van der Waals surface area contributed by atoms with Crippen molar-refractivity contribution in [1.82, 2.24) is 19.2 Å². The Balaban J connectivity index is 1.85. The van der Waals surface area contributed by atoms with E-state index in [1.165, 1.54) is 37.7 Å². The standard InChI is InChI=1S/C8H11IN4S/c9-8-10-7(11-14-8)6-5-12-1-3-13(6)4-2-12/h6H,1-5H2. The molecule has 3 aliphatic heterocycles. The Hall–Kier alpha value is 0.210. The number of hydrogen-bond donors (Lipinski definition) is 0. The van der Waals surface area contributed by atoms with Gasteiger partial charge in [-0.1, -0.05) is 0 Å². The van der Waals surface area contributed by atoms with Gasteiger partial charge in [0.1, 0.15) is 0 Å². The normalized spacial score (nSPS) is 36.2. The van der Waals surface area contributed by atoms with E-state index in [4.69, 9.17) is 0 Å². The molecule has 0 N–H and O–H groups in total. The van der Waals surface area contributed by atoms with Crippen LogP contribution >= 0.6 is 34.1 Å². The summed E-state index contributed by atoms with van der Waals surface area (Å²) in [7, 11) is 0. The summed E-state index contributed by atoms with van der Waals surface area (Å²) in [5, 5.41) is 0. The zero-order valence-corrected chi connectivity index (χ0v) is 10.7. The van der Waals surface area contributed by atoms with Gasteiger partial charge in [0.15, 0.2) is 8.84 Å². The van der Waals surface area contributed by atoms with Crippen LogP contribution in [0.15, 0.2) is 0 Å². The molecule has 1 unspecified atom stereocenters. The lowest BCUT2D eigenvalue weighted by molar-refractivity contribution is 0.00910. The molecule has 0 radical (unpaired) electrons. The minimum absolute atomic E-state index is 0.456. The van der Waals surface area contributed by atoms with E-state index in [-0.39, 0.29) is 0 Å². The molecule has 1 atom stereocenters. The van der Waals surface area contributed by atoms with Crippen LogP contribution in [0.2, 0.25) is 0 Å². The molecule has 14 heavy (non-hydrogen) atoms. The van der Waals surface area contributed by atoms with Crippen molar-refractivity contribution in [2.45, 2.75) is 6.04 Å². The first-order valence-electron chi connectivity index (χ1n) is 4.78. The van der Waals surface area contributed by atoms with Gasteiger partial charge in [0.2, 0.25) is 0 Å². The first-order valence-corrected chi connectivity index (χ1v) is 6.63. The third-order valence-electron chi connectivity index (χ3n) is 2.99. The summed E-state index contributed by atoms with van der Waals surface area (Å²) in [6.45, 7) is 5.92. The van der Waals surface area contributed by atoms with Crippen molar-refractivity contribution in [3.8, 4) is 0 Å². The van der Waals surface area contributed by atoms with Crippen molar-refractivity contribution < 1.29 is 0 Å². The van der Waals surface area contributed by atoms with Crippen LogP contribution in [-0.4, -0.2) is 51.9 Å². The van der Waals surface area contributed by atoms with Crippen LogP contribution in [0.1, 0.15) is 11.9 Å². The van der Waals surface area contributed by atoms with Crippen LogP contribution < -0.4 is 0 Å². The molecule has 0 spiro atoms. The fourth-order valence-electron chi connectivity index (χ4n) is 2.21. The molecule has 3 fully saturated rings. The molecule has 0 aromatic carbocycles. The van der Waals surface area contributed by atoms with E-state index in [1.54, 1.807) is 0 Å². The van der Waals surface area contributed by atoms with Crippen molar-refractivity contribution in [3.05, 3.63) is 8.84 Å². The Bertz CT molecular complexity index is 334. The molecule has 1 aromatic heterocycles. The molecule has 4 rings (SSSR count). The number of hydrogen-bond acceptors (Lipinski definition) is 5. The predicted octanol–water partition coefficient (Wildman–Crippen LogP) is 0.815. The number of halogens is 1. The zero-order chi connectivity index (χ0) is 9.54. The quantitative estimate of drug-likeness (QED) is 0.717. The SMILES string of the molecule is Ic1nc(C2CN3CCN2CC3)ns1. The zero-order valence-electron chi connectivity index (χ0n) is 7.69. The summed E-state index contributed by atoms with van der Waals surface area (Å²) in [5.74, 6) is 1.03. The molecule has 2 bridgehead atoms. The lowest BCUT2D eigenvalue weighted by atomic mass is 10.1. The van der Waals surface area contributed by atoms with Gasteiger partial charge in [-0.2, -0.15) is 4.37 Å². The molecule has 1 aromatic rings. The average molecular weight is 322 g/mol. The largest absolute Gasteiger partial charge is 0.299 e. The molecule has 76 valence electrons. The first-order chi connectivity index (χ1) is 6.83. The van der Waals surface area contributed by atoms with Gasteiger partial charge in [0.25, 0.3) is 0 Å². The maximum absolute atomic E-state index is 4.48. The van der Waals surface area contributed by atoms with Gasteiger partial charge < -0.3 is 0 Å². The number of piperazine rings is 3. The van der Waals surface area contributed by atoms with Gasteiger partial charge in [-0.3, -0.25) is 9.80 Å². The molecular formula is C8H11IN4S. The van der Waals surface area contributed by atoms with Gasteiger partial charge in [-0.15, -0.1) is 0 Å². The van der Waals surface area contributed by atoms with E-state index in [9.17, 15) is 0 Å². The number of rotatable bonds is 1. The van der Waals surface area contributed by atoms with E-state index in [0.717, 1.165) is 15.4 Å². The first kappa shape index (κ1) is 9.44. The second-order valence-electron chi connectivity index (χ2n) is 3.76. The molecule has 4 nitrogen and oxygen atoms in total. The van der Waals surface area contributed by atoms with Gasteiger partial charge in [-0.25, -0.2) is 4.98 Å². The number of aromatic nitrogens is 2. The third kappa shape index (κ3) is 1.58. The van der Waals surface area contributed by atoms with Crippen molar-refractivity contribution in [2.75, 3.05) is 32.7 Å². The summed E-state index contributed by atoms with van der Waals surface area (Å²) < 4.78 is 5.46. The molecular weight excluding hydrogens is 311 g/mol. The van der Waals surface area contributed by atoms with E-state index in [0.29, 0.717) is 6.04 Å². The summed E-state index contributed by atoms with van der Waals surface area (Å²) in [6, 6.07) is 0.456. The molecule has 4 heterocycles. The number of fused-ring (bicyclic) bond motifs is 3. The Morgan fingerprint density at radius 3 is 2.57 bits per heavy atom. The summed E-state index contributed by atoms with van der Waals surface area (Å²) in [4.78, 5) is 9.50. The summed E-state index contributed by atoms with van der Waals surface area (Å²) >= 11 is 3.75. The lowest BCUT2D eigenvalue weighted by Gasteiger charge is -2.46. The Morgan fingerprint density at radius 2 is 2.07 bits per heavy atom. The van der Waals surface area contributed by atoms with Crippen molar-refractivity contribution in [3.63, 3.8) is 0 Å². The third-order valence-corrected chi connectivity index (χ3v) is 4.35. The maximum Gasteiger partial charge on any atom is 0.174 e. The van der Waals surface area contributed by atoms with E-state index >= 15 is 0 Å². The van der Waals surface area contributed by atoms with Crippen LogP contribution in [0, 0.1) is 3.01 Å². The Kier molecular flexibility index (Phi) is 2.46. The molecule has 0 saturated carbocycles. The molecule has 3 aliphatic rings. The highest BCUT2D eigenvalue weighted by atomic mass is 127.